The van der Waals surface area contributed by atoms with Gasteiger partial charge in [0.15, 0.2) is 0 Å². The van der Waals surface area contributed by atoms with E-state index in [1.165, 1.54) is 14.0 Å². The van der Waals surface area contributed by atoms with Crippen LogP contribution in [-0.4, -0.2) is 39.4 Å². The molecule has 0 aliphatic carbocycles. The highest BCUT2D eigenvalue weighted by Crippen LogP contribution is 2.19. The van der Waals surface area contributed by atoms with Crippen LogP contribution in [0.3, 0.4) is 0 Å². The minimum absolute atomic E-state index is 0.0281. The van der Waals surface area contributed by atoms with Gasteiger partial charge >= 0.3 is 0 Å². The summed E-state index contributed by atoms with van der Waals surface area (Å²) < 4.78 is 43.7. The lowest BCUT2D eigenvalue weighted by Crippen LogP contribution is -2.43. The summed E-state index contributed by atoms with van der Waals surface area (Å²) in [5, 5.41) is 9.50. The number of sulfonamides is 1. The van der Waals surface area contributed by atoms with Gasteiger partial charge in [-0.3, -0.25) is 0 Å². The van der Waals surface area contributed by atoms with Crippen molar-refractivity contribution in [2.45, 2.75) is 17.4 Å². The highest BCUT2D eigenvalue weighted by Gasteiger charge is 2.24. The van der Waals surface area contributed by atoms with Gasteiger partial charge in [-0.2, -0.15) is 0 Å². The van der Waals surface area contributed by atoms with Gasteiger partial charge in [0.2, 0.25) is 10.0 Å². The Kier molecular flexibility index (Phi) is 5.28. The monoisotopic (exact) mass is 311 g/mol. The summed E-state index contributed by atoms with van der Waals surface area (Å²) in [5.74, 6) is -0.702. The van der Waals surface area contributed by atoms with Crippen LogP contribution in [-0.2, 0) is 14.8 Å². The number of nitrogens with one attached hydrogen (secondary N) is 1. The second-order valence-corrected chi connectivity index (χ2v) is 6.50. The van der Waals surface area contributed by atoms with Gasteiger partial charge in [0.1, 0.15) is 5.82 Å². The molecule has 8 heteroatoms. The van der Waals surface area contributed by atoms with Crippen molar-refractivity contribution in [3.63, 3.8) is 0 Å². The maximum absolute atomic E-state index is 13.0. The molecule has 0 saturated carbocycles. The van der Waals surface area contributed by atoms with Crippen LogP contribution in [0.1, 0.15) is 6.92 Å². The van der Waals surface area contributed by atoms with Crippen LogP contribution >= 0.6 is 11.6 Å². The van der Waals surface area contributed by atoms with Gasteiger partial charge in [-0.05, 0) is 25.1 Å². The molecule has 108 valence electrons. The smallest absolute Gasteiger partial charge is 0.240 e. The second-order valence-electron chi connectivity index (χ2n) is 4.33. The molecule has 1 atom stereocenters. The lowest BCUT2D eigenvalue weighted by atomic mass is 10.1. The predicted molar refractivity (Wildman–Crippen MR) is 69.1 cm³/mol. The highest BCUT2D eigenvalue weighted by atomic mass is 35.5. The van der Waals surface area contributed by atoms with Gasteiger partial charge in [-0.1, -0.05) is 11.6 Å². The molecule has 1 unspecified atom stereocenters. The zero-order valence-corrected chi connectivity index (χ0v) is 12.1. The number of hydrogen-bond donors (Lipinski definition) is 2. The molecule has 5 nitrogen and oxygen atoms in total. The molecule has 2 N–H and O–H groups in total. The molecule has 1 aromatic carbocycles. The van der Waals surface area contributed by atoms with Gasteiger partial charge < -0.3 is 9.84 Å². The van der Waals surface area contributed by atoms with E-state index in [-0.39, 0.29) is 23.1 Å². The molecule has 0 fully saturated rings. The molecule has 0 bridgehead atoms. The summed E-state index contributed by atoms with van der Waals surface area (Å²) in [7, 11) is -2.48. The normalized spacial score (nSPS) is 15.2. The summed E-state index contributed by atoms with van der Waals surface area (Å²) >= 11 is 5.52. The molecule has 0 heterocycles. The Balaban J connectivity index is 2.84. The number of benzene rings is 1. The minimum Gasteiger partial charge on any atom is -0.386 e. The van der Waals surface area contributed by atoms with Gasteiger partial charge in [0.25, 0.3) is 0 Å². The standard InChI is InChI=1S/C11H15ClFNO4S/c1-11(15,7-18-2)6-14-19(16,17)8-3-4-10(13)9(12)5-8/h3-5,14-15H,6-7H2,1-2H3. The van der Waals surface area contributed by atoms with Crippen LogP contribution in [0.4, 0.5) is 4.39 Å². The lowest BCUT2D eigenvalue weighted by Gasteiger charge is -2.22. The fourth-order valence-corrected chi connectivity index (χ4v) is 2.77. The third-order valence-electron chi connectivity index (χ3n) is 2.30. The van der Waals surface area contributed by atoms with Gasteiger partial charge in [-0.15, -0.1) is 0 Å². The zero-order chi connectivity index (χ0) is 14.7. The van der Waals surface area contributed by atoms with Crippen molar-refractivity contribution >= 4 is 21.6 Å². The van der Waals surface area contributed by atoms with Crippen molar-refractivity contribution in [3.8, 4) is 0 Å². The van der Waals surface area contributed by atoms with Gasteiger partial charge in [0, 0.05) is 13.7 Å². The van der Waals surface area contributed by atoms with E-state index in [2.05, 4.69) is 4.72 Å². The summed E-state index contributed by atoms with van der Waals surface area (Å²) in [6.07, 6.45) is 0. The Bertz CT molecular complexity index is 548. The molecule has 1 rings (SSSR count). The maximum atomic E-state index is 13.0. The first-order chi connectivity index (χ1) is 8.68. The van der Waals surface area contributed by atoms with Crippen molar-refractivity contribution in [2.75, 3.05) is 20.3 Å². The van der Waals surface area contributed by atoms with E-state index in [1.807, 2.05) is 0 Å². The number of rotatable bonds is 6. The third-order valence-corrected chi connectivity index (χ3v) is 3.99. The molecular weight excluding hydrogens is 297 g/mol. The van der Waals surface area contributed by atoms with Crippen molar-refractivity contribution in [1.29, 1.82) is 0 Å². The van der Waals surface area contributed by atoms with E-state index >= 15 is 0 Å². The van der Waals surface area contributed by atoms with Crippen LogP contribution in [0.25, 0.3) is 0 Å². The van der Waals surface area contributed by atoms with E-state index in [4.69, 9.17) is 16.3 Å². The Morgan fingerprint density at radius 2 is 2.16 bits per heavy atom. The van der Waals surface area contributed by atoms with Crippen molar-refractivity contribution in [3.05, 3.63) is 29.0 Å². The van der Waals surface area contributed by atoms with Crippen LogP contribution in [0.2, 0.25) is 5.02 Å². The van der Waals surface area contributed by atoms with Crippen molar-refractivity contribution in [2.24, 2.45) is 0 Å². The molecule has 0 aliphatic heterocycles. The average molecular weight is 312 g/mol. The number of aliphatic hydroxyl groups is 1. The fraction of sp³-hybridized carbons (Fsp3) is 0.455. The number of ether oxygens (including phenoxy) is 1. The number of halogens is 2. The first kappa shape index (κ1) is 16.3. The Hall–Kier alpha value is -0.730. The lowest BCUT2D eigenvalue weighted by molar-refractivity contribution is -0.0119. The number of hydrogen-bond acceptors (Lipinski definition) is 4. The van der Waals surface area contributed by atoms with Crippen molar-refractivity contribution < 1.29 is 22.7 Å². The molecule has 0 spiro atoms. The first-order valence-electron chi connectivity index (χ1n) is 5.34. The second kappa shape index (κ2) is 6.15. The van der Waals surface area contributed by atoms with Gasteiger partial charge in [-0.25, -0.2) is 17.5 Å². The topological polar surface area (TPSA) is 75.6 Å². The molecule has 19 heavy (non-hydrogen) atoms. The molecule has 0 aromatic heterocycles. The SMILES string of the molecule is COCC(C)(O)CNS(=O)(=O)c1ccc(F)c(Cl)c1. The summed E-state index contributed by atoms with van der Waals surface area (Å²) in [6.45, 7) is 1.16. The maximum Gasteiger partial charge on any atom is 0.240 e. The molecule has 0 radical (unpaired) electrons. The van der Waals surface area contributed by atoms with Crippen LogP contribution in [0.15, 0.2) is 23.1 Å². The molecular formula is C11H15ClFNO4S. The quantitative estimate of drug-likeness (QED) is 0.826. The van der Waals surface area contributed by atoms with E-state index in [1.54, 1.807) is 0 Å². The largest absolute Gasteiger partial charge is 0.386 e. The summed E-state index contributed by atoms with van der Waals surface area (Å²) in [4.78, 5) is -0.174. The van der Waals surface area contributed by atoms with E-state index in [0.717, 1.165) is 18.2 Å². The zero-order valence-electron chi connectivity index (χ0n) is 10.5. The van der Waals surface area contributed by atoms with Crippen LogP contribution < -0.4 is 4.72 Å². The third kappa shape index (κ3) is 4.70. The van der Waals surface area contributed by atoms with Gasteiger partial charge in [0.05, 0.1) is 22.1 Å². The molecule has 0 amide bonds. The Labute approximate surface area is 116 Å². The molecule has 1 aromatic rings. The van der Waals surface area contributed by atoms with E-state index in [0.29, 0.717) is 0 Å². The van der Waals surface area contributed by atoms with Crippen molar-refractivity contribution in [1.82, 2.24) is 4.72 Å². The number of methoxy groups -OCH3 is 1. The Morgan fingerprint density at radius 3 is 2.68 bits per heavy atom. The Morgan fingerprint density at radius 1 is 1.53 bits per heavy atom. The van der Waals surface area contributed by atoms with E-state index in [9.17, 15) is 17.9 Å². The fourth-order valence-electron chi connectivity index (χ4n) is 1.34. The first-order valence-corrected chi connectivity index (χ1v) is 7.20. The van der Waals surface area contributed by atoms with E-state index < -0.39 is 21.4 Å². The summed E-state index contributed by atoms with van der Waals surface area (Å²) in [6, 6.07) is 3.06. The van der Waals surface area contributed by atoms with Crippen LogP contribution in [0.5, 0.6) is 0 Å². The summed E-state index contributed by atoms with van der Waals surface area (Å²) in [5.41, 5.74) is -1.34. The molecule has 0 aliphatic rings. The predicted octanol–water partition coefficient (Wildman–Crippen LogP) is 1.15. The van der Waals surface area contributed by atoms with Crippen LogP contribution in [0, 0.1) is 5.82 Å². The molecule has 0 saturated heterocycles. The average Bonchev–Trinajstić information content (AvgIpc) is 2.30. The highest BCUT2D eigenvalue weighted by molar-refractivity contribution is 7.89. The minimum atomic E-state index is -3.87.